The molecule has 0 heterocycles. The molecular formula is C91H178O17P2. The molecule has 0 saturated heterocycles. The van der Waals surface area contributed by atoms with Gasteiger partial charge in [-0.1, -0.05) is 440 Å². The Bertz CT molecular complexity index is 2100. The third-order valence-electron chi connectivity index (χ3n) is 22.2. The van der Waals surface area contributed by atoms with Gasteiger partial charge in [0.2, 0.25) is 0 Å². The number of phosphoric ester groups is 2. The number of carbonyl (C=O) groups is 4. The van der Waals surface area contributed by atoms with Gasteiger partial charge in [-0.15, -0.1) is 0 Å². The van der Waals surface area contributed by atoms with Crippen LogP contribution in [-0.2, 0) is 65.4 Å². The summed E-state index contributed by atoms with van der Waals surface area (Å²) in [5.74, 6) is -0.522. The van der Waals surface area contributed by atoms with Crippen LogP contribution in [0.1, 0.15) is 491 Å². The van der Waals surface area contributed by atoms with Gasteiger partial charge in [0.1, 0.15) is 19.3 Å². The molecule has 0 aromatic heterocycles. The highest BCUT2D eigenvalue weighted by Gasteiger charge is 2.31. The molecule has 0 aromatic carbocycles. The monoisotopic (exact) mass is 1610 g/mol. The summed E-state index contributed by atoms with van der Waals surface area (Å²) in [6.45, 7) is 9.71. The molecule has 0 fully saturated rings. The van der Waals surface area contributed by atoms with Crippen molar-refractivity contribution in [1.29, 1.82) is 0 Å². The van der Waals surface area contributed by atoms with Crippen LogP contribution in [0.4, 0.5) is 0 Å². The lowest BCUT2D eigenvalue weighted by atomic mass is 9.99. The van der Waals surface area contributed by atoms with Gasteiger partial charge in [0.15, 0.2) is 12.2 Å². The fourth-order valence-corrected chi connectivity index (χ4v) is 15.8. The molecule has 0 aliphatic heterocycles. The van der Waals surface area contributed by atoms with Crippen LogP contribution in [0.5, 0.6) is 0 Å². The fourth-order valence-electron chi connectivity index (χ4n) is 14.2. The Morgan fingerprint density at radius 3 is 0.645 bits per heavy atom. The smallest absolute Gasteiger partial charge is 0.462 e. The second-order valence-electron chi connectivity index (χ2n) is 33.2. The standard InChI is InChI=1S/C91H178O17P2/c1-7-11-13-15-17-19-21-23-25-27-29-31-33-35-37-42-46-50-54-61-67-73-88(93)101-79-86(107-90(95)75-69-63-55-51-47-43-38-36-34-32-30-28-26-24-22-20-18-16-14-12-8-2)81-105-109(97,98)103-77-85(92)78-104-110(99,100)106-82-87(80-102-89(94)74-68-62-58-57-60-66-72-84(6)10-4)108-91(96)76-70-64-56-52-48-44-40-39-41-45-49-53-59-65-71-83(5)9-3/h83-87,92H,7-82H2,1-6H3,(H,97,98)(H,99,100)/t83?,84?,85-,86-,87-/m1/s1. The van der Waals surface area contributed by atoms with Crippen LogP contribution in [0.2, 0.25) is 0 Å². The van der Waals surface area contributed by atoms with Crippen molar-refractivity contribution < 1.29 is 80.2 Å². The van der Waals surface area contributed by atoms with Crippen molar-refractivity contribution in [2.24, 2.45) is 11.8 Å². The highest BCUT2D eigenvalue weighted by Crippen LogP contribution is 2.45. The average Bonchev–Trinajstić information content (AvgIpc) is 0.899. The molecule has 110 heavy (non-hydrogen) atoms. The van der Waals surface area contributed by atoms with Crippen LogP contribution in [0.25, 0.3) is 0 Å². The maximum Gasteiger partial charge on any atom is 0.472 e. The quantitative estimate of drug-likeness (QED) is 0.0222. The predicted molar refractivity (Wildman–Crippen MR) is 455 cm³/mol. The van der Waals surface area contributed by atoms with Crippen LogP contribution in [0, 0.1) is 11.8 Å². The van der Waals surface area contributed by atoms with Gasteiger partial charge in [-0.2, -0.15) is 0 Å². The van der Waals surface area contributed by atoms with E-state index >= 15 is 0 Å². The summed E-state index contributed by atoms with van der Waals surface area (Å²) in [6.07, 6.45) is 76.6. The summed E-state index contributed by atoms with van der Waals surface area (Å²) < 4.78 is 69.0. The molecule has 654 valence electrons. The molecule has 0 spiro atoms. The predicted octanol–water partition coefficient (Wildman–Crippen LogP) is 28.2. The molecule has 0 rings (SSSR count). The van der Waals surface area contributed by atoms with E-state index in [4.69, 9.17) is 37.0 Å². The maximum atomic E-state index is 13.2. The molecule has 0 saturated carbocycles. The van der Waals surface area contributed by atoms with Crippen molar-refractivity contribution in [3.8, 4) is 0 Å². The lowest BCUT2D eigenvalue weighted by molar-refractivity contribution is -0.161. The van der Waals surface area contributed by atoms with Gasteiger partial charge < -0.3 is 33.8 Å². The Kier molecular flexibility index (Phi) is 80.7. The first-order chi connectivity index (χ1) is 53.4. The topological polar surface area (TPSA) is 237 Å². The van der Waals surface area contributed by atoms with Gasteiger partial charge in [0.05, 0.1) is 26.4 Å². The molecule has 0 radical (unpaired) electrons. The zero-order chi connectivity index (χ0) is 80.6. The molecular weight excluding hydrogens is 1430 g/mol. The van der Waals surface area contributed by atoms with Crippen molar-refractivity contribution in [1.82, 2.24) is 0 Å². The second-order valence-corrected chi connectivity index (χ2v) is 36.1. The van der Waals surface area contributed by atoms with Crippen LogP contribution in [0.3, 0.4) is 0 Å². The minimum atomic E-state index is -4.97. The number of hydrogen-bond acceptors (Lipinski definition) is 15. The van der Waals surface area contributed by atoms with E-state index in [1.54, 1.807) is 0 Å². The van der Waals surface area contributed by atoms with E-state index in [9.17, 15) is 43.2 Å². The second kappa shape index (κ2) is 82.2. The molecule has 3 N–H and O–H groups in total. The SMILES string of the molecule is CCCCCCCCCCCCCCCCCCCCCCCC(=O)OC[C@H](COP(=O)(O)OC[C@@H](O)COP(=O)(O)OC[C@@H](COC(=O)CCCCCCCCC(C)CC)OC(=O)CCCCCCCCCCCCCCCCC(C)CC)OC(=O)CCCCCCCCCCCCCCCCCCCCCCC. The third-order valence-corrected chi connectivity index (χ3v) is 24.1. The van der Waals surface area contributed by atoms with Gasteiger partial charge in [-0.3, -0.25) is 37.3 Å². The number of ether oxygens (including phenoxy) is 4. The van der Waals surface area contributed by atoms with Crippen LogP contribution < -0.4 is 0 Å². The molecule has 19 heteroatoms. The Labute approximate surface area is 677 Å². The van der Waals surface area contributed by atoms with E-state index in [0.717, 1.165) is 108 Å². The number of phosphoric acid groups is 2. The summed E-state index contributed by atoms with van der Waals surface area (Å²) in [4.78, 5) is 73.4. The molecule has 0 bridgehead atoms. The molecule has 0 aliphatic carbocycles. The van der Waals surface area contributed by atoms with Gasteiger partial charge in [0.25, 0.3) is 0 Å². The number of aliphatic hydroxyl groups excluding tert-OH is 1. The van der Waals surface area contributed by atoms with Crippen molar-refractivity contribution in [2.45, 2.75) is 509 Å². The van der Waals surface area contributed by atoms with Crippen molar-refractivity contribution >= 4 is 39.5 Å². The molecule has 0 aliphatic rings. The highest BCUT2D eigenvalue weighted by atomic mass is 31.2. The largest absolute Gasteiger partial charge is 0.472 e. The van der Waals surface area contributed by atoms with Crippen LogP contribution >= 0.6 is 15.6 Å². The molecule has 17 nitrogen and oxygen atoms in total. The Hall–Kier alpha value is -1.94. The molecule has 0 amide bonds. The van der Waals surface area contributed by atoms with E-state index in [1.165, 1.54) is 302 Å². The summed E-state index contributed by atoms with van der Waals surface area (Å²) in [6, 6.07) is 0. The molecule has 7 atom stereocenters. The highest BCUT2D eigenvalue weighted by molar-refractivity contribution is 7.47. The lowest BCUT2D eigenvalue weighted by Crippen LogP contribution is -2.30. The Balaban J connectivity index is 5.22. The Morgan fingerprint density at radius 2 is 0.436 bits per heavy atom. The lowest BCUT2D eigenvalue weighted by Gasteiger charge is -2.21. The normalized spacial score (nSPS) is 14.2. The van der Waals surface area contributed by atoms with Gasteiger partial charge in [0, 0.05) is 25.7 Å². The summed E-state index contributed by atoms with van der Waals surface area (Å²) >= 11 is 0. The van der Waals surface area contributed by atoms with Crippen molar-refractivity contribution in [3.63, 3.8) is 0 Å². The van der Waals surface area contributed by atoms with E-state index in [1.807, 2.05) is 0 Å². The van der Waals surface area contributed by atoms with Gasteiger partial charge in [-0.25, -0.2) is 9.13 Å². The van der Waals surface area contributed by atoms with Crippen LogP contribution in [0.15, 0.2) is 0 Å². The van der Waals surface area contributed by atoms with Gasteiger partial charge >= 0.3 is 39.5 Å². The number of esters is 4. The minimum absolute atomic E-state index is 0.107. The van der Waals surface area contributed by atoms with Crippen molar-refractivity contribution in [3.05, 3.63) is 0 Å². The average molecular weight is 1610 g/mol. The summed E-state index contributed by atoms with van der Waals surface area (Å²) in [7, 11) is -9.94. The van der Waals surface area contributed by atoms with E-state index < -0.39 is 97.5 Å². The first-order valence-electron chi connectivity index (χ1n) is 47.1. The van der Waals surface area contributed by atoms with E-state index in [-0.39, 0.29) is 25.7 Å². The minimum Gasteiger partial charge on any atom is -0.462 e. The van der Waals surface area contributed by atoms with E-state index in [2.05, 4.69) is 41.5 Å². The van der Waals surface area contributed by atoms with E-state index in [0.29, 0.717) is 25.7 Å². The van der Waals surface area contributed by atoms with Crippen LogP contribution in [-0.4, -0.2) is 96.7 Å². The number of hydrogen-bond donors (Lipinski definition) is 3. The number of unbranched alkanes of at least 4 members (excludes halogenated alkanes) is 58. The molecule has 0 aromatic rings. The fraction of sp³-hybridized carbons (Fsp3) is 0.956. The number of rotatable bonds is 90. The Morgan fingerprint density at radius 1 is 0.255 bits per heavy atom. The van der Waals surface area contributed by atoms with Crippen molar-refractivity contribution in [2.75, 3.05) is 39.6 Å². The summed E-state index contributed by atoms with van der Waals surface area (Å²) in [5.41, 5.74) is 0. The third kappa shape index (κ3) is 81.2. The zero-order valence-corrected chi connectivity index (χ0v) is 74.4. The number of aliphatic hydroxyl groups is 1. The molecule has 4 unspecified atom stereocenters. The summed E-state index contributed by atoms with van der Waals surface area (Å²) in [5, 5.41) is 10.7. The number of carbonyl (C=O) groups excluding carboxylic acids is 4. The van der Waals surface area contributed by atoms with Gasteiger partial charge in [-0.05, 0) is 37.5 Å². The maximum absolute atomic E-state index is 13.2. The first-order valence-corrected chi connectivity index (χ1v) is 50.1. The first kappa shape index (κ1) is 108. The zero-order valence-electron chi connectivity index (χ0n) is 72.6.